The summed E-state index contributed by atoms with van der Waals surface area (Å²) in [5.41, 5.74) is 6.48. The maximum absolute atomic E-state index is 9.16. The van der Waals surface area contributed by atoms with Crippen molar-refractivity contribution in [3.05, 3.63) is 29.8 Å². The van der Waals surface area contributed by atoms with Gasteiger partial charge in [-0.15, -0.1) is 0 Å². The summed E-state index contributed by atoms with van der Waals surface area (Å²) in [6.45, 7) is 1.64. The van der Waals surface area contributed by atoms with Crippen molar-refractivity contribution in [1.82, 2.24) is 0 Å². The van der Waals surface area contributed by atoms with Crippen LogP contribution in [0.1, 0.15) is 18.5 Å². The molecule has 3 nitrogen and oxygen atoms in total. The molecule has 0 aliphatic heterocycles. The predicted molar refractivity (Wildman–Crippen MR) is 46.7 cm³/mol. The van der Waals surface area contributed by atoms with E-state index in [1.54, 1.807) is 31.2 Å². The second-order valence-electron chi connectivity index (χ2n) is 2.86. The smallest absolute Gasteiger partial charge is 0.115 e. The van der Waals surface area contributed by atoms with Crippen LogP contribution in [0.2, 0.25) is 0 Å². The van der Waals surface area contributed by atoms with Crippen molar-refractivity contribution in [2.45, 2.75) is 19.1 Å². The molecule has 0 radical (unpaired) electrons. The summed E-state index contributed by atoms with van der Waals surface area (Å²) < 4.78 is 0. The fourth-order valence-corrected chi connectivity index (χ4v) is 0.975. The van der Waals surface area contributed by atoms with Crippen molar-refractivity contribution in [3.8, 4) is 5.75 Å². The Labute approximate surface area is 71.5 Å². The van der Waals surface area contributed by atoms with E-state index in [1.807, 2.05) is 0 Å². The summed E-state index contributed by atoms with van der Waals surface area (Å²) in [6.07, 6.45) is -0.574. The lowest BCUT2D eigenvalue weighted by molar-refractivity contribution is 0.164. The molecule has 66 valence electrons. The first-order chi connectivity index (χ1) is 5.61. The van der Waals surface area contributed by atoms with Gasteiger partial charge in [0.1, 0.15) is 5.75 Å². The van der Waals surface area contributed by atoms with Gasteiger partial charge in [0, 0.05) is 0 Å². The number of aromatic hydroxyl groups is 1. The van der Waals surface area contributed by atoms with Crippen LogP contribution in [0.5, 0.6) is 5.75 Å². The number of phenols is 1. The molecule has 0 aliphatic rings. The SMILES string of the molecule is CC(O)[C@H](N)c1ccc(O)cc1. The third-order valence-electron chi connectivity index (χ3n) is 1.80. The van der Waals surface area contributed by atoms with Gasteiger partial charge >= 0.3 is 0 Å². The van der Waals surface area contributed by atoms with Gasteiger partial charge < -0.3 is 15.9 Å². The molecule has 1 aromatic rings. The van der Waals surface area contributed by atoms with Gasteiger partial charge in [-0.3, -0.25) is 0 Å². The number of rotatable bonds is 2. The minimum atomic E-state index is -0.574. The molecule has 0 aliphatic carbocycles. The van der Waals surface area contributed by atoms with Gasteiger partial charge in [-0.2, -0.15) is 0 Å². The van der Waals surface area contributed by atoms with E-state index in [9.17, 15) is 0 Å². The van der Waals surface area contributed by atoms with E-state index in [1.165, 1.54) is 0 Å². The van der Waals surface area contributed by atoms with Crippen LogP contribution in [0, 0.1) is 0 Å². The third kappa shape index (κ3) is 1.96. The zero-order chi connectivity index (χ0) is 9.14. The minimum Gasteiger partial charge on any atom is -0.508 e. The molecule has 0 amide bonds. The highest BCUT2D eigenvalue weighted by Gasteiger charge is 2.10. The maximum Gasteiger partial charge on any atom is 0.115 e. The molecule has 0 bridgehead atoms. The number of hydrogen-bond acceptors (Lipinski definition) is 3. The molecule has 0 saturated heterocycles. The van der Waals surface area contributed by atoms with Crippen LogP contribution in [-0.4, -0.2) is 16.3 Å². The summed E-state index contributed by atoms with van der Waals surface area (Å²) in [5, 5.41) is 18.1. The van der Waals surface area contributed by atoms with E-state index in [0.717, 1.165) is 5.56 Å². The second-order valence-corrected chi connectivity index (χ2v) is 2.86. The Morgan fingerprint density at radius 3 is 2.17 bits per heavy atom. The van der Waals surface area contributed by atoms with Gasteiger partial charge in [-0.1, -0.05) is 12.1 Å². The average Bonchev–Trinajstić information content (AvgIpc) is 2.04. The molecule has 0 spiro atoms. The van der Waals surface area contributed by atoms with Gasteiger partial charge in [0.2, 0.25) is 0 Å². The summed E-state index contributed by atoms with van der Waals surface area (Å²) >= 11 is 0. The summed E-state index contributed by atoms with van der Waals surface area (Å²) in [5.74, 6) is 0.205. The molecular weight excluding hydrogens is 154 g/mol. The topological polar surface area (TPSA) is 66.5 Å². The molecule has 1 rings (SSSR count). The zero-order valence-corrected chi connectivity index (χ0v) is 6.94. The van der Waals surface area contributed by atoms with Crippen molar-refractivity contribution in [1.29, 1.82) is 0 Å². The quantitative estimate of drug-likeness (QED) is 0.609. The van der Waals surface area contributed by atoms with Crippen LogP contribution in [-0.2, 0) is 0 Å². The fraction of sp³-hybridized carbons (Fsp3) is 0.333. The Balaban J connectivity index is 2.82. The molecule has 2 atom stereocenters. The molecule has 0 heterocycles. The Morgan fingerprint density at radius 2 is 1.75 bits per heavy atom. The lowest BCUT2D eigenvalue weighted by Gasteiger charge is -2.14. The Hall–Kier alpha value is -1.06. The van der Waals surface area contributed by atoms with Crippen LogP contribution in [0.15, 0.2) is 24.3 Å². The lowest BCUT2D eigenvalue weighted by Crippen LogP contribution is -2.22. The van der Waals surface area contributed by atoms with Crippen LogP contribution in [0.3, 0.4) is 0 Å². The highest BCUT2D eigenvalue weighted by Crippen LogP contribution is 2.17. The van der Waals surface area contributed by atoms with E-state index in [-0.39, 0.29) is 11.8 Å². The predicted octanol–water partition coefficient (Wildman–Crippen LogP) is 0.773. The van der Waals surface area contributed by atoms with Crippen molar-refractivity contribution < 1.29 is 10.2 Å². The summed E-state index contributed by atoms with van der Waals surface area (Å²) in [7, 11) is 0. The molecule has 0 fully saturated rings. The van der Waals surface area contributed by atoms with Gasteiger partial charge in [0.25, 0.3) is 0 Å². The van der Waals surface area contributed by atoms with Gasteiger partial charge in [-0.25, -0.2) is 0 Å². The van der Waals surface area contributed by atoms with Crippen molar-refractivity contribution in [2.75, 3.05) is 0 Å². The van der Waals surface area contributed by atoms with E-state index in [0.29, 0.717) is 0 Å². The number of aliphatic hydroxyl groups excluding tert-OH is 1. The second kappa shape index (κ2) is 3.56. The normalized spacial score (nSPS) is 15.6. The largest absolute Gasteiger partial charge is 0.508 e. The molecule has 4 N–H and O–H groups in total. The standard InChI is InChI=1S/C9H13NO2/c1-6(11)9(10)7-2-4-8(12)5-3-7/h2-6,9,11-12H,10H2,1H3/t6?,9-/m0/s1. The average molecular weight is 167 g/mol. The third-order valence-corrected chi connectivity index (χ3v) is 1.80. The Bertz CT molecular complexity index is 243. The van der Waals surface area contributed by atoms with E-state index in [2.05, 4.69) is 0 Å². The first-order valence-corrected chi connectivity index (χ1v) is 3.84. The molecule has 0 aromatic heterocycles. The number of phenolic OH excluding ortho intramolecular Hbond substituents is 1. The van der Waals surface area contributed by atoms with E-state index < -0.39 is 6.10 Å². The molecule has 1 unspecified atom stereocenters. The Morgan fingerprint density at radius 1 is 1.25 bits per heavy atom. The highest BCUT2D eigenvalue weighted by molar-refractivity contribution is 5.28. The molecule has 3 heteroatoms. The number of nitrogens with two attached hydrogens (primary N) is 1. The minimum absolute atomic E-state index is 0.205. The van der Waals surface area contributed by atoms with Crippen LogP contribution < -0.4 is 5.73 Å². The van der Waals surface area contributed by atoms with Crippen molar-refractivity contribution in [2.24, 2.45) is 5.73 Å². The van der Waals surface area contributed by atoms with Gasteiger partial charge in [0.15, 0.2) is 0 Å². The maximum atomic E-state index is 9.16. The van der Waals surface area contributed by atoms with Crippen molar-refractivity contribution in [3.63, 3.8) is 0 Å². The van der Waals surface area contributed by atoms with Gasteiger partial charge in [-0.05, 0) is 24.6 Å². The van der Waals surface area contributed by atoms with Crippen molar-refractivity contribution >= 4 is 0 Å². The Kier molecular flexibility index (Phi) is 2.68. The zero-order valence-electron chi connectivity index (χ0n) is 6.94. The highest BCUT2D eigenvalue weighted by atomic mass is 16.3. The van der Waals surface area contributed by atoms with Crippen LogP contribution >= 0.6 is 0 Å². The number of aliphatic hydroxyl groups is 1. The summed E-state index contributed by atoms with van der Waals surface area (Å²) in [4.78, 5) is 0. The number of benzene rings is 1. The van der Waals surface area contributed by atoms with Crippen LogP contribution in [0.25, 0.3) is 0 Å². The molecule has 1 aromatic carbocycles. The first-order valence-electron chi connectivity index (χ1n) is 3.84. The van der Waals surface area contributed by atoms with Crippen LogP contribution in [0.4, 0.5) is 0 Å². The summed E-state index contributed by atoms with van der Waals surface area (Å²) in [6, 6.07) is 6.12. The molecule has 0 saturated carbocycles. The molecular formula is C9H13NO2. The van der Waals surface area contributed by atoms with E-state index >= 15 is 0 Å². The van der Waals surface area contributed by atoms with E-state index in [4.69, 9.17) is 15.9 Å². The lowest BCUT2D eigenvalue weighted by atomic mass is 10.0. The fourth-order valence-electron chi connectivity index (χ4n) is 0.975. The monoisotopic (exact) mass is 167 g/mol. The molecule has 12 heavy (non-hydrogen) atoms. The number of hydrogen-bond donors (Lipinski definition) is 3. The van der Waals surface area contributed by atoms with Gasteiger partial charge in [0.05, 0.1) is 12.1 Å². The first kappa shape index (κ1) is 9.03.